The maximum absolute atomic E-state index is 10.6. The molecule has 0 aromatic heterocycles. The molecule has 16 heavy (non-hydrogen) atoms. The largest absolute Gasteiger partial charge is 0.488 e. The van der Waals surface area contributed by atoms with Gasteiger partial charge in [-0.1, -0.05) is 30.3 Å². The predicted molar refractivity (Wildman–Crippen MR) is 61.9 cm³/mol. The summed E-state index contributed by atoms with van der Waals surface area (Å²) in [6, 6.07) is 9.80. The average molecular weight is 213 g/mol. The Morgan fingerprint density at radius 3 is 2.88 bits per heavy atom. The third-order valence-electron chi connectivity index (χ3n) is 2.24. The number of rotatable bonds is 3. The number of hydrogen-bond donors (Lipinski definition) is 0. The standard InChI is InChI=1S/C13H11NO2/c15-9-12-8-14-7-6-13(12)16-10-11-4-2-1-3-5-11/h1-7H,8,10H2. The molecule has 1 aromatic rings. The second kappa shape index (κ2) is 5.10. The molecule has 0 radical (unpaired) electrons. The molecule has 0 amide bonds. The molecule has 0 saturated heterocycles. The number of benzene rings is 1. The minimum atomic E-state index is 0.351. The van der Waals surface area contributed by atoms with Crippen molar-refractivity contribution in [1.29, 1.82) is 0 Å². The monoisotopic (exact) mass is 213 g/mol. The van der Waals surface area contributed by atoms with Crippen LogP contribution in [0.1, 0.15) is 5.56 Å². The molecular formula is C13H11NO2. The highest BCUT2D eigenvalue weighted by Crippen LogP contribution is 2.14. The van der Waals surface area contributed by atoms with Crippen molar-refractivity contribution >= 4 is 12.2 Å². The second-order valence-electron chi connectivity index (χ2n) is 3.38. The van der Waals surface area contributed by atoms with Gasteiger partial charge in [0.25, 0.3) is 0 Å². The normalized spacial score (nSPS) is 14.2. The van der Waals surface area contributed by atoms with Crippen molar-refractivity contribution in [3.63, 3.8) is 0 Å². The van der Waals surface area contributed by atoms with Crippen LogP contribution < -0.4 is 0 Å². The van der Waals surface area contributed by atoms with Gasteiger partial charge in [0, 0.05) is 6.21 Å². The summed E-state index contributed by atoms with van der Waals surface area (Å²) in [4.78, 5) is 14.6. The Bertz CT molecular complexity index is 468. The van der Waals surface area contributed by atoms with Crippen LogP contribution in [0.2, 0.25) is 0 Å². The summed E-state index contributed by atoms with van der Waals surface area (Å²) in [6.07, 6.45) is 3.33. The number of hydrogen-bond acceptors (Lipinski definition) is 3. The molecule has 0 bridgehead atoms. The van der Waals surface area contributed by atoms with Gasteiger partial charge >= 0.3 is 0 Å². The summed E-state index contributed by atoms with van der Waals surface area (Å²) in [7, 11) is 0. The van der Waals surface area contributed by atoms with Crippen molar-refractivity contribution in [2.75, 3.05) is 6.54 Å². The molecule has 0 saturated carbocycles. The van der Waals surface area contributed by atoms with Crippen molar-refractivity contribution < 1.29 is 9.53 Å². The fourth-order valence-corrected chi connectivity index (χ4v) is 1.40. The number of allylic oxidation sites excluding steroid dienone is 1. The van der Waals surface area contributed by atoms with Gasteiger partial charge in [-0.2, -0.15) is 0 Å². The van der Waals surface area contributed by atoms with Gasteiger partial charge in [-0.05, 0) is 11.6 Å². The van der Waals surface area contributed by atoms with Crippen LogP contribution >= 0.6 is 0 Å². The van der Waals surface area contributed by atoms with Crippen molar-refractivity contribution in [2.45, 2.75) is 6.61 Å². The van der Waals surface area contributed by atoms with Gasteiger partial charge in [-0.25, -0.2) is 4.79 Å². The number of aliphatic imine (C=N–C) groups is 1. The van der Waals surface area contributed by atoms with Gasteiger partial charge in [0.15, 0.2) is 0 Å². The average Bonchev–Trinajstić information content (AvgIpc) is 2.38. The first-order valence-corrected chi connectivity index (χ1v) is 5.01. The quantitative estimate of drug-likeness (QED) is 0.719. The molecular weight excluding hydrogens is 202 g/mol. The van der Waals surface area contributed by atoms with E-state index in [2.05, 4.69) is 4.99 Å². The van der Waals surface area contributed by atoms with E-state index in [-0.39, 0.29) is 0 Å². The molecule has 0 unspecified atom stereocenters. The fourth-order valence-electron chi connectivity index (χ4n) is 1.40. The van der Waals surface area contributed by atoms with Gasteiger partial charge in [0.2, 0.25) is 0 Å². The molecule has 0 fully saturated rings. The zero-order valence-electron chi connectivity index (χ0n) is 8.72. The van der Waals surface area contributed by atoms with Crippen LogP contribution in [0, 0.1) is 0 Å². The molecule has 3 heteroatoms. The van der Waals surface area contributed by atoms with Crippen molar-refractivity contribution in [3.05, 3.63) is 53.3 Å². The lowest BCUT2D eigenvalue weighted by Gasteiger charge is -2.11. The molecule has 0 aliphatic carbocycles. The lowest BCUT2D eigenvalue weighted by Crippen LogP contribution is -2.04. The van der Waals surface area contributed by atoms with Gasteiger partial charge in [0.1, 0.15) is 18.3 Å². The molecule has 1 aliphatic rings. The fraction of sp³-hybridized carbons (Fsp3) is 0.154. The van der Waals surface area contributed by atoms with E-state index in [0.29, 0.717) is 24.5 Å². The van der Waals surface area contributed by atoms with Crippen LogP contribution in [0.3, 0.4) is 0 Å². The highest BCUT2D eigenvalue weighted by Gasteiger charge is 2.09. The zero-order valence-corrected chi connectivity index (χ0v) is 8.72. The third kappa shape index (κ3) is 2.47. The summed E-state index contributed by atoms with van der Waals surface area (Å²) in [5.74, 6) is 2.41. The highest BCUT2D eigenvalue weighted by molar-refractivity contribution is 5.78. The van der Waals surface area contributed by atoms with E-state index in [1.54, 1.807) is 12.3 Å². The van der Waals surface area contributed by atoms with Crippen LogP contribution in [-0.2, 0) is 16.1 Å². The lowest BCUT2D eigenvalue weighted by atomic mass is 10.2. The number of dihydropyridines is 1. The lowest BCUT2D eigenvalue weighted by molar-refractivity contribution is 0.206. The van der Waals surface area contributed by atoms with E-state index in [9.17, 15) is 4.79 Å². The van der Waals surface area contributed by atoms with Crippen LogP contribution in [-0.4, -0.2) is 18.7 Å². The SMILES string of the molecule is O=C=C1CN=CC=C1OCc1ccccc1. The van der Waals surface area contributed by atoms with E-state index in [0.717, 1.165) is 5.56 Å². The third-order valence-corrected chi connectivity index (χ3v) is 2.24. The minimum absolute atomic E-state index is 0.351. The number of ether oxygens (including phenoxy) is 1. The Morgan fingerprint density at radius 1 is 1.31 bits per heavy atom. The predicted octanol–water partition coefficient (Wildman–Crippen LogP) is 1.93. The molecule has 1 heterocycles. The zero-order chi connectivity index (χ0) is 11.2. The van der Waals surface area contributed by atoms with Gasteiger partial charge < -0.3 is 4.74 Å². The Labute approximate surface area is 93.8 Å². The summed E-state index contributed by atoms with van der Waals surface area (Å²) in [6.45, 7) is 0.801. The Balaban J connectivity index is 2.03. The molecule has 3 nitrogen and oxygen atoms in total. The highest BCUT2D eigenvalue weighted by atomic mass is 16.5. The van der Waals surface area contributed by atoms with Crippen LogP contribution in [0.4, 0.5) is 0 Å². The topological polar surface area (TPSA) is 38.7 Å². The van der Waals surface area contributed by atoms with Crippen LogP contribution in [0.15, 0.2) is 52.7 Å². The summed E-state index contributed by atoms with van der Waals surface area (Å²) in [5, 5.41) is 0. The van der Waals surface area contributed by atoms with Gasteiger partial charge in [-0.3, -0.25) is 4.99 Å². The Kier molecular flexibility index (Phi) is 3.31. The second-order valence-corrected chi connectivity index (χ2v) is 3.38. The molecule has 0 N–H and O–H groups in total. The summed E-state index contributed by atoms with van der Waals surface area (Å²) in [5.41, 5.74) is 1.54. The van der Waals surface area contributed by atoms with Crippen LogP contribution in [0.25, 0.3) is 0 Å². The first kappa shape index (κ1) is 10.4. The number of nitrogens with zero attached hydrogens (tertiary/aromatic N) is 1. The minimum Gasteiger partial charge on any atom is -0.488 e. The molecule has 1 aliphatic heterocycles. The first-order chi connectivity index (χ1) is 7.90. The van der Waals surface area contributed by atoms with E-state index in [1.807, 2.05) is 36.3 Å². The van der Waals surface area contributed by atoms with Crippen molar-refractivity contribution in [1.82, 2.24) is 0 Å². The van der Waals surface area contributed by atoms with Crippen LogP contribution in [0.5, 0.6) is 0 Å². The maximum Gasteiger partial charge on any atom is 0.137 e. The summed E-state index contributed by atoms with van der Waals surface area (Å²) >= 11 is 0. The molecule has 1 aromatic carbocycles. The molecule has 0 atom stereocenters. The molecule has 80 valence electrons. The Morgan fingerprint density at radius 2 is 2.12 bits per heavy atom. The van der Waals surface area contributed by atoms with Gasteiger partial charge in [0.05, 0.1) is 12.1 Å². The van der Waals surface area contributed by atoms with E-state index < -0.39 is 0 Å². The Hall–Kier alpha value is -2.12. The van der Waals surface area contributed by atoms with Gasteiger partial charge in [-0.15, -0.1) is 0 Å². The molecule has 0 spiro atoms. The van der Waals surface area contributed by atoms with E-state index in [1.165, 1.54) is 0 Å². The van der Waals surface area contributed by atoms with Crippen molar-refractivity contribution in [3.8, 4) is 0 Å². The summed E-state index contributed by atoms with van der Waals surface area (Å²) < 4.78 is 5.54. The van der Waals surface area contributed by atoms with Crippen molar-refractivity contribution in [2.24, 2.45) is 4.99 Å². The maximum atomic E-state index is 10.6. The number of carbonyl (C=O) groups excluding carboxylic acids is 1. The van der Waals surface area contributed by atoms with E-state index in [4.69, 9.17) is 4.74 Å². The smallest absolute Gasteiger partial charge is 0.137 e. The van der Waals surface area contributed by atoms with E-state index >= 15 is 0 Å². The first-order valence-electron chi connectivity index (χ1n) is 5.01. The molecule has 2 rings (SSSR count).